The Labute approximate surface area is 94.7 Å². The van der Waals surface area contributed by atoms with Crippen molar-refractivity contribution in [3.05, 3.63) is 35.9 Å². The van der Waals surface area contributed by atoms with E-state index >= 15 is 0 Å². The van der Waals surface area contributed by atoms with Gasteiger partial charge in [0.1, 0.15) is 0 Å². The van der Waals surface area contributed by atoms with Crippen LogP contribution in [0.3, 0.4) is 0 Å². The average Bonchev–Trinajstić information content (AvgIpc) is 2.19. The minimum atomic E-state index is 0.505. The van der Waals surface area contributed by atoms with Crippen LogP contribution in [0.2, 0.25) is 0 Å². The molecule has 1 rings (SSSR count). The molecule has 84 valence electrons. The Hall–Kier alpha value is -0.780. The number of hydrogen-bond donors (Lipinski definition) is 0. The molecule has 0 atom stereocenters. The highest BCUT2D eigenvalue weighted by molar-refractivity contribution is 5.16. The second-order valence-electron chi connectivity index (χ2n) is 4.97. The molecule has 1 aromatic carbocycles. The van der Waals surface area contributed by atoms with Crippen molar-refractivity contribution in [3.63, 3.8) is 0 Å². The normalized spacial score (nSPS) is 11.7. The fraction of sp³-hybridized carbons (Fsp3) is 0.600. The van der Waals surface area contributed by atoms with E-state index < -0.39 is 0 Å². The molecule has 0 radical (unpaired) electrons. The van der Waals surface area contributed by atoms with Crippen molar-refractivity contribution < 1.29 is 0 Å². The van der Waals surface area contributed by atoms with Crippen LogP contribution >= 0.6 is 0 Å². The molecule has 0 aliphatic carbocycles. The van der Waals surface area contributed by atoms with E-state index in [1.54, 1.807) is 0 Å². The van der Waals surface area contributed by atoms with Crippen molar-refractivity contribution in [3.8, 4) is 0 Å². The Balaban J connectivity index is 2.66. The largest absolute Gasteiger partial charge is 0.0654 e. The van der Waals surface area contributed by atoms with Gasteiger partial charge in [-0.25, -0.2) is 0 Å². The standard InChI is InChI=1S/C15H24/c1-4-11-15(3,12-5-2)13-14-9-7-6-8-10-14/h6-10H,4-5,11-13H2,1-3H3. The van der Waals surface area contributed by atoms with Gasteiger partial charge in [0, 0.05) is 0 Å². The lowest BCUT2D eigenvalue weighted by atomic mass is 9.76. The zero-order valence-electron chi connectivity index (χ0n) is 10.4. The van der Waals surface area contributed by atoms with Crippen molar-refractivity contribution in [1.29, 1.82) is 0 Å². The first-order valence-corrected chi connectivity index (χ1v) is 6.24. The third-order valence-corrected chi connectivity index (χ3v) is 3.18. The SMILES string of the molecule is CCCC(C)(CCC)Cc1ccccc1. The van der Waals surface area contributed by atoms with Crippen LogP contribution in [0.1, 0.15) is 52.0 Å². The molecular formula is C15H24. The molecule has 0 heterocycles. The van der Waals surface area contributed by atoms with Crippen LogP contribution < -0.4 is 0 Å². The summed E-state index contributed by atoms with van der Waals surface area (Å²) in [4.78, 5) is 0. The summed E-state index contributed by atoms with van der Waals surface area (Å²) < 4.78 is 0. The maximum absolute atomic E-state index is 2.44. The first-order valence-electron chi connectivity index (χ1n) is 6.24. The van der Waals surface area contributed by atoms with Crippen molar-refractivity contribution in [2.75, 3.05) is 0 Å². The molecule has 0 aliphatic rings. The first kappa shape index (κ1) is 12.3. The molecule has 0 saturated heterocycles. The zero-order chi connectivity index (χ0) is 11.1. The summed E-state index contributed by atoms with van der Waals surface area (Å²) in [6.07, 6.45) is 6.51. The van der Waals surface area contributed by atoms with Crippen LogP contribution in [0.15, 0.2) is 30.3 Å². The number of hydrogen-bond acceptors (Lipinski definition) is 0. The monoisotopic (exact) mass is 204 g/mol. The number of rotatable bonds is 6. The Kier molecular flexibility index (Phi) is 4.87. The average molecular weight is 204 g/mol. The van der Waals surface area contributed by atoms with Crippen molar-refractivity contribution in [1.82, 2.24) is 0 Å². The van der Waals surface area contributed by atoms with Gasteiger partial charge in [-0.05, 0) is 30.2 Å². The fourth-order valence-corrected chi connectivity index (χ4v) is 2.60. The summed E-state index contributed by atoms with van der Waals surface area (Å²) in [5.74, 6) is 0. The molecule has 0 fully saturated rings. The summed E-state index contributed by atoms with van der Waals surface area (Å²) in [6, 6.07) is 10.9. The predicted molar refractivity (Wildman–Crippen MR) is 68.1 cm³/mol. The molecule has 0 aliphatic heterocycles. The molecule has 0 amide bonds. The van der Waals surface area contributed by atoms with E-state index in [9.17, 15) is 0 Å². The lowest BCUT2D eigenvalue weighted by Crippen LogP contribution is -2.19. The zero-order valence-corrected chi connectivity index (χ0v) is 10.4. The highest BCUT2D eigenvalue weighted by Gasteiger charge is 2.22. The lowest BCUT2D eigenvalue weighted by Gasteiger charge is -2.29. The Morgan fingerprint density at radius 1 is 0.933 bits per heavy atom. The highest BCUT2D eigenvalue weighted by Crippen LogP contribution is 2.33. The van der Waals surface area contributed by atoms with Crippen molar-refractivity contribution in [2.45, 2.75) is 52.9 Å². The topological polar surface area (TPSA) is 0 Å². The van der Waals surface area contributed by atoms with E-state index in [2.05, 4.69) is 51.1 Å². The number of benzene rings is 1. The maximum atomic E-state index is 2.44. The molecule has 0 nitrogen and oxygen atoms in total. The molecule has 1 aromatic rings. The summed E-state index contributed by atoms with van der Waals surface area (Å²) in [6.45, 7) is 7.02. The molecular weight excluding hydrogens is 180 g/mol. The van der Waals surface area contributed by atoms with Gasteiger partial charge in [0.05, 0.1) is 0 Å². The van der Waals surface area contributed by atoms with Crippen molar-refractivity contribution >= 4 is 0 Å². The quantitative estimate of drug-likeness (QED) is 0.622. The molecule has 0 heteroatoms. The van der Waals surface area contributed by atoms with Gasteiger partial charge in [0.2, 0.25) is 0 Å². The Morgan fingerprint density at radius 3 is 1.93 bits per heavy atom. The van der Waals surface area contributed by atoms with E-state index in [0.717, 1.165) is 0 Å². The van der Waals surface area contributed by atoms with E-state index in [0.29, 0.717) is 5.41 Å². The summed E-state index contributed by atoms with van der Waals surface area (Å²) in [5.41, 5.74) is 1.99. The summed E-state index contributed by atoms with van der Waals surface area (Å²) >= 11 is 0. The molecule has 0 spiro atoms. The van der Waals surface area contributed by atoms with E-state index in [-0.39, 0.29) is 0 Å². The van der Waals surface area contributed by atoms with Crippen LogP contribution in [0, 0.1) is 5.41 Å². The van der Waals surface area contributed by atoms with Crippen molar-refractivity contribution in [2.24, 2.45) is 5.41 Å². The third-order valence-electron chi connectivity index (χ3n) is 3.18. The van der Waals surface area contributed by atoms with Gasteiger partial charge in [-0.1, -0.05) is 63.9 Å². The van der Waals surface area contributed by atoms with E-state index in [4.69, 9.17) is 0 Å². The fourth-order valence-electron chi connectivity index (χ4n) is 2.60. The minimum absolute atomic E-state index is 0.505. The van der Waals surface area contributed by atoms with Gasteiger partial charge in [0.25, 0.3) is 0 Å². The van der Waals surface area contributed by atoms with Crippen LogP contribution in [0.25, 0.3) is 0 Å². The summed E-state index contributed by atoms with van der Waals surface area (Å²) in [7, 11) is 0. The highest BCUT2D eigenvalue weighted by atomic mass is 14.3. The predicted octanol–water partition coefficient (Wildman–Crippen LogP) is 4.84. The second-order valence-corrected chi connectivity index (χ2v) is 4.97. The van der Waals surface area contributed by atoms with Gasteiger partial charge in [-0.3, -0.25) is 0 Å². The smallest absolute Gasteiger partial charge is 0.0225 e. The van der Waals surface area contributed by atoms with E-state index in [1.165, 1.54) is 37.7 Å². The third kappa shape index (κ3) is 4.07. The lowest BCUT2D eigenvalue weighted by molar-refractivity contribution is 0.264. The van der Waals surface area contributed by atoms with Crippen LogP contribution in [-0.4, -0.2) is 0 Å². The first-order chi connectivity index (χ1) is 7.20. The molecule has 0 bridgehead atoms. The van der Waals surface area contributed by atoms with Gasteiger partial charge in [0.15, 0.2) is 0 Å². The molecule has 15 heavy (non-hydrogen) atoms. The second kappa shape index (κ2) is 5.95. The van der Waals surface area contributed by atoms with E-state index in [1.807, 2.05) is 0 Å². The summed E-state index contributed by atoms with van der Waals surface area (Å²) in [5, 5.41) is 0. The van der Waals surface area contributed by atoms with Gasteiger partial charge >= 0.3 is 0 Å². The van der Waals surface area contributed by atoms with Crippen LogP contribution in [0.4, 0.5) is 0 Å². The Morgan fingerprint density at radius 2 is 1.47 bits per heavy atom. The van der Waals surface area contributed by atoms with Gasteiger partial charge < -0.3 is 0 Å². The molecule has 0 N–H and O–H groups in total. The van der Waals surface area contributed by atoms with Gasteiger partial charge in [-0.2, -0.15) is 0 Å². The van der Waals surface area contributed by atoms with Crippen LogP contribution in [-0.2, 0) is 6.42 Å². The Bertz CT molecular complexity index is 255. The minimum Gasteiger partial charge on any atom is -0.0654 e. The van der Waals surface area contributed by atoms with Crippen LogP contribution in [0.5, 0.6) is 0 Å². The molecule has 0 aromatic heterocycles. The maximum Gasteiger partial charge on any atom is -0.0225 e. The molecule has 0 unspecified atom stereocenters. The van der Waals surface area contributed by atoms with Gasteiger partial charge in [-0.15, -0.1) is 0 Å². The molecule has 0 saturated carbocycles.